The minimum atomic E-state index is -0.0399. The van der Waals surface area contributed by atoms with Gasteiger partial charge in [-0.3, -0.25) is 14.7 Å². The Bertz CT molecular complexity index is 655. The molecule has 0 aromatic carbocycles. The molecule has 1 N–H and O–H groups in total. The number of carbonyl (C=O) groups excluding carboxylic acids is 1. The summed E-state index contributed by atoms with van der Waals surface area (Å²) < 4.78 is 10.7. The molecule has 1 saturated heterocycles. The van der Waals surface area contributed by atoms with E-state index >= 15 is 0 Å². The zero-order chi connectivity index (χ0) is 16.8. The van der Waals surface area contributed by atoms with Crippen molar-refractivity contribution in [1.29, 1.82) is 0 Å². The molecule has 8 heteroatoms. The van der Waals surface area contributed by atoms with Crippen molar-refractivity contribution in [2.75, 3.05) is 26.7 Å². The van der Waals surface area contributed by atoms with Gasteiger partial charge in [0.15, 0.2) is 0 Å². The van der Waals surface area contributed by atoms with E-state index in [9.17, 15) is 4.79 Å². The first-order chi connectivity index (χ1) is 11.7. The largest absolute Gasteiger partial charge is 0.376 e. The number of carbonyl (C=O) groups is 1. The molecule has 3 heterocycles. The number of amides is 1. The summed E-state index contributed by atoms with van der Waals surface area (Å²) in [7, 11) is 1.84. The number of pyridine rings is 1. The highest BCUT2D eigenvalue weighted by molar-refractivity contribution is 5.77. The smallest absolute Gasteiger partial charge is 0.241 e. The van der Waals surface area contributed by atoms with Crippen molar-refractivity contribution in [2.45, 2.75) is 25.5 Å². The Hall–Kier alpha value is -2.32. The van der Waals surface area contributed by atoms with Crippen LogP contribution in [0.5, 0.6) is 0 Å². The van der Waals surface area contributed by atoms with E-state index in [4.69, 9.17) is 9.26 Å². The average Bonchev–Trinajstić information content (AvgIpc) is 3.25. The molecule has 24 heavy (non-hydrogen) atoms. The minimum absolute atomic E-state index is 0.0399. The van der Waals surface area contributed by atoms with Gasteiger partial charge < -0.3 is 14.6 Å². The summed E-state index contributed by atoms with van der Waals surface area (Å²) >= 11 is 0. The van der Waals surface area contributed by atoms with Crippen LogP contribution in [0.2, 0.25) is 0 Å². The van der Waals surface area contributed by atoms with Gasteiger partial charge in [-0.2, -0.15) is 4.98 Å². The van der Waals surface area contributed by atoms with E-state index in [-0.39, 0.29) is 18.6 Å². The first-order valence-electron chi connectivity index (χ1n) is 8.00. The third-order valence-corrected chi connectivity index (χ3v) is 3.78. The molecular weight excluding hydrogens is 310 g/mol. The van der Waals surface area contributed by atoms with E-state index in [1.807, 2.05) is 24.1 Å². The molecule has 0 spiro atoms. The number of ether oxygens (including phenoxy) is 1. The number of nitrogens with one attached hydrogen (secondary N) is 1. The summed E-state index contributed by atoms with van der Waals surface area (Å²) in [6.45, 7) is 2.03. The van der Waals surface area contributed by atoms with Crippen molar-refractivity contribution in [3.8, 4) is 11.4 Å². The van der Waals surface area contributed by atoms with Crippen molar-refractivity contribution in [3.63, 3.8) is 0 Å². The monoisotopic (exact) mass is 331 g/mol. The van der Waals surface area contributed by atoms with Crippen LogP contribution in [-0.4, -0.2) is 58.8 Å². The molecule has 0 radical (unpaired) electrons. The molecule has 1 fully saturated rings. The Labute approximate surface area is 140 Å². The Morgan fingerprint density at radius 2 is 2.25 bits per heavy atom. The van der Waals surface area contributed by atoms with E-state index < -0.39 is 0 Å². The second-order valence-corrected chi connectivity index (χ2v) is 5.86. The van der Waals surface area contributed by atoms with Crippen LogP contribution in [0.15, 0.2) is 29.0 Å². The third-order valence-electron chi connectivity index (χ3n) is 3.78. The van der Waals surface area contributed by atoms with Crippen LogP contribution in [0.3, 0.4) is 0 Å². The highest BCUT2D eigenvalue weighted by Crippen LogP contribution is 2.14. The van der Waals surface area contributed by atoms with Gasteiger partial charge in [0, 0.05) is 31.1 Å². The predicted octanol–water partition coefficient (Wildman–Crippen LogP) is 0.859. The maximum Gasteiger partial charge on any atom is 0.241 e. The lowest BCUT2D eigenvalue weighted by Gasteiger charge is -2.15. The molecule has 128 valence electrons. The maximum atomic E-state index is 11.9. The molecule has 1 unspecified atom stereocenters. The Morgan fingerprint density at radius 3 is 3.00 bits per heavy atom. The van der Waals surface area contributed by atoms with Crippen molar-refractivity contribution in [3.05, 3.63) is 30.4 Å². The van der Waals surface area contributed by atoms with Gasteiger partial charge in [0.1, 0.15) is 0 Å². The summed E-state index contributed by atoms with van der Waals surface area (Å²) in [4.78, 5) is 22.1. The lowest BCUT2D eigenvalue weighted by molar-refractivity contribution is -0.122. The Kier molecular flexibility index (Phi) is 5.50. The van der Waals surface area contributed by atoms with Crippen LogP contribution in [-0.2, 0) is 16.1 Å². The number of likely N-dealkylation sites (N-methyl/N-ethyl adjacent to an activating group) is 1. The van der Waals surface area contributed by atoms with Gasteiger partial charge in [-0.15, -0.1) is 0 Å². The lowest BCUT2D eigenvalue weighted by atomic mass is 10.2. The molecule has 2 aromatic heterocycles. The van der Waals surface area contributed by atoms with Gasteiger partial charge in [0.05, 0.1) is 19.2 Å². The molecule has 1 aliphatic heterocycles. The SMILES string of the molecule is CN(CC(=O)NCC1CCCO1)Cc1nc(-c2ccncc2)no1. The summed E-state index contributed by atoms with van der Waals surface area (Å²) in [5.41, 5.74) is 0.844. The fraction of sp³-hybridized carbons (Fsp3) is 0.500. The van der Waals surface area contributed by atoms with E-state index in [1.165, 1.54) is 0 Å². The van der Waals surface area contributed by atoms with Gasteiger partial charge in [-0.25, -0.2) is 0 Å². The standard InChI is InChI=1S/C16H21N5O3/c1-21(10-14(22)18-9-13-3-2-8-23-13)11-15-19-16(20-24-15)12-4-6-17-7-5-12/h4-7,13H,2-3,8-11H2,1H3,(H,18,22). The van der Waals surface area contributed by atoms with Crippen LogP contribution in [0.25, 0.3) is 11.4 Å². The van der Waals surface area contributed by atoms with Crippen LogP contribution in [0, 0.1) is 0 Å². The zero-order valence-corrected chi connectivity index (χ0v) is 13.6. The number of aromatic nitrogens is 3. The zero-order valence-electron chi connectivity index (χ0n) is 13.6. The highest BCUT2D eigenvalue weighted by atomic mass is 16.5. The summed E-state index contributed by atoms with van der Waals surface area (Å²) in [5.74, 6) is 0.946. The first-order valence-corrected chi connectivity index (χ1v) is 8.00. The molecule has 0 aliphatic carbocycles. The number of hydrogen-bond donors (Lipinski definition) is 1. The van der Waals surface area contributed by atoms with Gasteiger partial charge in [-0.1, -0.05) is 5.16 Å². The van der Waals surface area contributed by atoms with E-state index in [1.54, 1.807) is 12.4 Å². The lowest BCUT2D eigenvalue weighted by Crippen LogP contribution is -2.38. The van der Waals surface area contributed by atoms with Crippen LogP contribution in [0.4, 0.5) is 0 Å². The normalized spacial score (nSPS) is 17.3. The second kappa shape index (κ2) is 7.98. The van der Waals surface area contributed by atoms with Crippen molar-refractivity contribution >= 4 is 5.91 Å². The summed E-state index contributed by atoms with van der Waals surface area (Å²) in [5, 5.41) is 6.84. The summed E-state index contributed by atoms with van der Waals surface area (Å²) in [6, 6.07) is 3.63. The Morgan fingerprint density at radius 1 is 1.42 bits per heavy atom. The molecular formula is C16H21N5O3. The fourth-order valence-electron chi connectivity index (χ4n) is 2.56. The maximum absolute atomic E-state index is 11.9. The molecule has 1 aliphatic rings. The number of rotatable bonds is 7. The van der Waals surface area contributed by atoms with Crippen molar-refractivity contribution in [1.82, 2.24) is 25.3 Å². The quantitative estimate of drug-likeness (QED) is 0.804. The first kappa shape index (κ1) is 16.5. The molecule has 1 atom stereocenters. The number of nitrogens with zero attached hydrogens (tertiary/aromatic N) is 4. The van der Waals surface area contributed by atoms with Gasteiger partial charge in [0.25, 0.3) is 0 Å². The van der Waals surface area contributed by atoms with Crippen LogP contribution in [0.1, 0.15) is 18.7 Å². The van der Waals surface area contributed by atoms with Crippen LogP contribution >= 0.6 is 0 Å². The molecule has 0 bridgehead atoms. The second-order valence-electron chi connectivity index (χ2n) is 5.86. The minimum Gasteiger partial charge on any atom is -0.376 e. The van der Waals surface area contributed by atoms with Gasteiger partial charge in [-0.05, 0) is 32.0 Å². The molecule has 1 amide bonds. The van der Waals surface area contributed by atoms with Crippen molar-refractivity contribution in [2.24, 2.45) is 0 Å². The summed E-state index contributed by atoms with van der Waals surface area (Å²) in [6.07, 6.45) is 5.58. The van der Waals surface area contributed by atoms with E-state index in [0.717, 1.165) is 25.0 Å². The fourth-order valence-corrected chi connectivity index (χ4v) is 2.56. The topological polar surface area (TPSA) is 93.4 Å². The predicted molar refractivity (Wildman–Crippen MR) is 85.8 cm³/mol. The molecule has 3 rings (SSSR count). The number of hydrogen-bond acceptors (Lipinski definition) is 7. The molecule has 8 nitrogen and oxygen atoms in total. The molecule has 2 aromatic rings. The Balaban J connectivity index is 1.45. The van der Waals surface area contributed by atoms with Crippen molar-refractivity contribution < 1.29 is 14.1 Å². The third kappa shape index (κ3) is 4.59. The molecule has 0 saturated carbocycles. The van der Waals surface area contributed by atoms with Gasteiger partial charge in [0.2, 0.25) is 17.6 Å². The highest BCUT2D eigenvalue weighted by Gasteiger charge is 2.17. The van der Waals surface area contributed by atoms with Crippen LogP contribution < -0.4 is 5.32 Å². The van der Waals surface area contributed by atoms with Gasteiger partial charge >= 0.3 is 0 Å². The average molecular weight is 331 g/mol. The van der Waals surface area contributed by atoms with E-state index in [2.05, 4.69) is 20.4 Å². The van der Waals surface area contributed by atoms with E-state index in [0.29, 0.717) is 24.8 Å².